The summed E-state index contributed by atoms with van der Waals surface area (Å²) in [5, 5.41) is 0.446. The third kappa shape index (κ3) is 3.92. The van der Waals surface area contributed by atoms with Crippen LogP contribution in [0.2, 0.25) is 0 Å². The Morgan fingerprint density at radius 1 is 1.00 bits per heavy atom. The van der Waals surface area contributed by atoms with E-state index in [9.17, 15) is 19.2 Å². The number of esters is 1. The van der Waals surface area contributed by atoms with Gasteiger partial charge in [-0.1, -0.05) is 12.1 Å². The normalized spacial score (nSPS) is 10.6. The number of pyridine rings is 1. The number of amides is 2. The first kappa shape index (κ1) is 21.8. The number of aryl methyl sites for hydroxylation is 2. The van der Waals surface area contributed by atoms with Crippen LogP contribution in [0, 0.1) is 6.92 Å². The van der Waals surface area contributed by atoms with Gasteiger partial charge in [-0.05, 0) is 42.8 Å². The van der Waals surface area contributed by atoms with Crippen LogP contribution >= 0.6 is 0 Å². The summed E-state index contributed by atoms with van der Waals surface area (Å²) in [6, 6.07) is 11.5. The molecule has 8 heteroatoms. The minimum atomic E-state index is -0.889. The average Bonchev–Trinajstić information content (AvgIpc) is 2.71. The molecule has 1 aromatic heterocycles. The lowest BCUT2D eigenvalue weighted by Gasteiger charge is -2.22. The zero-order valence-corrected chi connectivity index (χ0v) is 17.9. The maximum Gasteiger partial charge on any atom is 0.308 e. The van der Waals surface area contributed by atoms with E-state index in [1.807, 2.05) is 0 Å². The fourth-order valence-corrected chi connectivity index (χ4v) is 3.45. The number of methoxy groups -OCH3 is 1. The van der Waals surface area contributed by atoms with Gasteiger partial charge in [0.05, 0.1) is 18.3 Å². The highest BCUT2D eigenvalue weighted by Crippen LogP contribution is 2.32. The molecule has 0 radical (unpaired) electrons. The van der Waals surface area contributed by atoms with E-state index in [0.717, 1.165) is 4.90 Å². The van der Waals surface area contributed by atoms with Crippen molar-refractivity contribution in [2.24, 2.45) is 7.05 Å². The molecule has 1 heterocycles. The maximum absolute atomic E-state index is 13.5. The van der Waals surface area contributed by atoms with E-state index in [1.54, 1.807) is 37.3 Å². The number of benzene rings is 2. The minimum Gasteiger partial charge on any atom is -0.497 e. The van der Waals surface area contributed by atoms with Gasteiger partial charge in [0.2, 0.25) is 5.91 Å². The number of nitrogens with zero attached hydrogens (tertiary/aromatic N) is 2. The number of carbonyl (C=O) groups excluding carboxylic acids is 3. The molecule has 0 atom stereocenters. The Balaban J connectivity index is 2.33. The Labute approximate surface area is 178 Å². The first-order valence-corrected chi connectivity index (χ1v) is 9.47. The second-order valence-electron chi connectivity index (χ2n) is 6.99. The molecule has 3 rings (SSSR count). The maximum atomic E-state index is 13.5. The minimum absolute atomic E-state index is 0.159. The summed E-state index contributed by atoms with van der Waals surface area (Å²) < 4.78 is 11.8. The number of carbonyl (C=O) groups is 3. The molecular weight excluding hydrogens is 400 g/mol. The number of ether oxygens (including phenoxy) is 2. The van der Waals surface area contributed by atoms with E-state index < -0.39 is 28.9 Å². The molecule has 31 heavy (non-hydrogen) atoms. The van der Waals surface area contributed by atoms with Gasteiger partial charge in [0.1, 0.15) is 11.3 Å². The highest BCUT2D eigenvalue weighted by Gasteiger charge is 2.31. The van der Waals surface area contributed by atoms with Crippen molar-refractivity contribution in [1.29, 1.82) is 0 Å². The van der Waals surface area contributed by atoms with Gasteiger partial charge in [-0.3, -0.25) is 19.2 Å². The lowest BCUT2D eigenvalue weighted by atomic mass is 10.0. The number of rotatable bonds is 4. The summed E-state index contributed by atoms with van der Waals surface area (Å²) in [7, 11) is 3.01. The summed E-state index contributed by atoms with van der Waals surface area (Å²) in [5.74, 6) is -1.80. The van der Waals surface area contributed by atoms with Crippen molar-refractivity contribution in [3.05, 3.63) is 63.9 Å². The van der Waals surface area contributed by atoms with Crippen molar-refractivity contribution in [2.45, 2.75) is 20.8 Å². The van der Waals surface area contributed by atoms with E-state index in [0.29, 0.717) is 22.2 Å². The van der Waals surface area contributed by atoms with Gasteiger partial charge in [-0.25, -0.2) is 4.90 Å². The van der Waals surface area contributed by atoms with Crippen LogP contribution in [0.3, 0.4) is 0 Å². The van der Waals surface area contributed by atoms with Gasteiger partial charge in [0, 0.05) is 26.3 Å². The molecule has 0 fully saturated rings. The molecule has 0 unspecified atom stereocenters. The van der Waals surface area contributed by atoms with Gasteiger partial charge in [0.15, 0.2) is 5.75 Å². The van der Waals surface area contributed by atoms with Crippen molar-refractivity contribution in [3.8, 4) is 11.5 Å². The summed E-state index contributed by atoms with van der Waals surface area (Å²) in [4.78, 5) is 51.9. The molecule has 0 aliphatic carbocycles. The molecule has 8 nitrogen and oxygen atoms in total. The second kappa shape index (κ2) is 8.43. The quantitative estimate of drug-likeness (QED) is 0.600. The predicted octanol–water partition coefficient (Wildman–Crippen LogP) is 2.97. The van der Waals surface area contributed by atoms with Crippen molar-refractivity contribution in [1.82, 2.24) is 4.57 Å². The Morgan fingerprint density at radius 2 is 1.65 bits per heavy atom. The monoisotopic (exact) mass is 422 g/mol. The lowest BCUT2D eigenvalue weighted by molar-refractivity contribution is -0.131. The van der Waals surface area contributed by atoms with Crippen molar-refractivity contribution >= 4 is 34.4 Å². The van der Waals surface area contributed by atoms with E-state index in [2.05, 4.69) is 0 Å². The molecule has 0 spiro atoms. The van der Waals surface area contributed by atoms with Crippen molar-refractivity contribution < 1.29 is 23.9 Å². The number of fused-ring (bicyclic) bond motifs is 1. The molecule has 0 saturated heterocycles. The van der Waals surface area contributed by atoms with Crippen LogP contribution in [0.1, 0.15) is 29.8 Å². The summed E-state index contributed by atoms with van der Waals surface area (Å²) in [5.41, 5.74) is 0.373. The molecular formula is C23H22N2O6. The van der Waals surface area contributed by atoms with Gasteiger partial charge in [-0.2, -0.15) is 0 Å². The van der Waals surface area contributed by atoms with Crippen LogP contribution in [0.25, 0.3) is 10.9 Å². The van der Waals surface area contributed by atoms with Crippen LogP contribution in [-0.2, 0) is 16.6 Å². The fourth-order valence-electron chi connectivity index (χ4n) is 3.45. The molecule has 0 saturated carbocycles. The first-order chi connectivity index (χ1) is 14.7. The van der Waals surface area contributed by atoms with Gasteiger partial charge >= 0.3 is 5.97 Å². The molecule has 2 aromatic carbocycles. The van der Waals surface area contributed by atoms with Crippen molar-refractivity contribution in [2.75, 3.05) is 12.0 Å². The number of hydrogen-bond acceptors (Lipinski definition) is 6. The van der Waals surface area contributed by atoms with Crippen LogP contribution in [0.5, 0.6) is 11.5 Å². The van der Waals surface area contributed by atoms with Gasteiger partial charge < -0.3 is 14.0 Å². The highest BCUT2D eigenvalue weighted by atomic mass is 16.5. The Hall–Kier alpha value is -3.94. The summed E-state index contributed by atoms with van der Waals surface area (Å²) >= 11 is 0. The third-order valence-corrected chi connectivity index (χ3v) is 4.89. The molecule has 0 aliphatic heterocycles. The van der Waals surface area contributed by atoms with Crippen LogP contribution in [0.4, 0.5) is 5.69 Å². The van der Waals surface area contributed by atoms with E-state index >= 15 is 0 Å². The summed E-state index contributed by atoms with van der Waals surface area (Å²) in [6.45, 7) is 4.17. The molecule has 3 aromatic rings. The number of anilines is 1. The molecule has 160 valence electrons. The summed E-state index contributed by atoms with van der Waals surface area (Å²) in [6.07, 6.45) is 0. The van der Waals surface area contributed by atoms with E-state index in [1.165, 1.54) is 44.7 Å². The third-order valence-electron chi connectivity index (χ3n) is 4.89. The lowest BCUT2D eigenvalue weighted by Crippen LogP contribution is -2.40. The zero-order chi connectivity index (χ0) is 22.9. The topological polar surface area (TPSA) is 94.9 Å². The van der Waals surface area contributed by atoms with Crippen LogP contribution in [0.15, 0.2) is 47.3 Å². The second-order valence-corrected chi connectivity index (χ2v) is 6.99. The molecule has 2 amide bonds. The Bertz CT molecular complexity index is 1260. The van der Waals surface area contributed by atoms with Gasteiger partial charge in [-0.15, -0.1) is 0 Å². The average molecular weight is 422 g/mol. The number of hydrogen-bond donors (Lipinski definition) is 0. The standard InChI is InChI=1S/C23H22N2O6/c1-13-7-6-8-18-19(13)21(31-15(3)27)20(22(28)24(18)4)23(29)25(14(2)26)16-9-11-17(30-5)12-10-16/h6-12H,1-5H3. The Kier molecular flexibility index (Phi) is 5.92. The van der Waals surface area contributed by atoms with E-state index in [4.69, 9.17) is 9.47 Å². The molecule has 0 bridgehead atoms. The fraction of sp³-hybridized carbons (Fsp3) is 0.217. The largest absolute Gasteiger partial charge is 0.497 e. The van der Waals surface area contributed by atoms with E-state index in [-0.39, 0.29) is 11.4 Å². The van der Waals surface area contributed by atoms with Crippen LogP contribution < -0.4 is 19.9 Å². The smallest absolute Gasteiger partial charge is 0.308 e. The molecule has 0 N–H and O–H groups in total. The van der Waals surface area contributed by atoms with Crippen molar-refractivity contribution in [3.63, 3.8) is 0 Å². The number of aromatic nitrogens is 1. The van der Waals surface area contributed by atoms with Crippen LogP contribution in [-0.4, -0.2) is 29.5 Å². The first-order valence-electron chi connectivity index (χ1n) is 9.47. The Morgan fingerprint density at radius 3 is 2.19 bits per heavy atom. The predicted molar refractivity (Wildman–Crippen MR) is 116 cm³/mol. The zero-order valence-electron chi connectivity index (χ0n) is 17.9. The molecule has 0 aliphatic rings. The number of imide groups is 1. The van der Waals surface area contributed by atoms with Gasteiger partial charge in [0.25, 0.3) is 11.5 Å². The SMILES string of the molecule is COc1ccc(N(C(C)=O)C(=O)c2c(OC(C)=O)c3c(C)cccc3n(C)c2=O)cc1. The highest BCUT2D eigenvalue weighted by molar-refractivity contribution is 6.22.